The number of hydrogen-bond acceptors (Lipinski definition) is 5. The van der Waals surface area contributed by atoms with E-state index in [-0.39, 0.29) is 28.8 Å². The third kappa shape index (κ3) is 3.44. The molecule has 1 aromatic rings. The maximum absolute atomic E-state index is 11.9. The van der Waals surface area contributed by atoms with E-state index in [4.69, 9.17) is 4.74 Å². The van der Waals surface area contributed by atoms with Crippen molar-refractivity contribution in [3.63, 3.8) is 0 Å². The SMILES string of the molecule is COc1c(C(=O)NNC(=O)C(C)C)cccc1[N+](=O)[O-]. The van der Waals surface area contributed by atoms with Crippen molar-refractivity contribution in [1.29, 1.82) is 0 Å². The summed E-state index contributed by atoms with van der Waals surface area (Å²) >= 11 is 0. The summed E-state index contributed by atoms with van der Waals surface area (Å²) in [4.78, 5) is 33.4. The number of hydrogen-bond donors (Lipinski definition) is 2. The Morgan fingerprint density at radius 2 is 1.95 bits per heavy atom. The predicted octanol–water partition coefficient (Wildman–Crippen LogP) is 1.02. The Kier molecular flexibility index (Phi) is 5.01. The third-order valence-corrected chi connectivity index (χ3v) is 2.46. The molecule has 20 heavy (non-hydrogen) atoms. The lowest BCUT2D eigenvalue weighted by Crippen LogP contribution is -2.43. The molecule has 0 heterocycles. The highest BCUT2D eigenvalue weighted by Gasteiger charge is 2.22. The van der Waals surface area contributed by atoms with Gasteiger partial charge in [0, 0.05) is 12.0 Å². The second kappa shape index (κ2) is 6.50. The lowest BCUT2D eigenvalue weighted by Gasteiger charge is -2.11. The van der Waals surface area contributed by atoms with E-state index in [2.05, 4.69) is 10.9 Å². The van der Waals surface area contributed by atoms with Crippen LogP contribution in [0.2, 0.25) is 0 Å². The zero-order valence-electron chi connectivity index (χ0n) is 11.3. The van der Waals surface area contributed by atoms with Crippen LogP contribution in [-0.2, 0) is 4.79 Å². The number of nitro groups is 1. The first kappa shape index (κ1) is 15.4. The van der Waals surface area contributed by atoms with E-state index in [0.717, 1.165) is 0 Å². The van der Waals surface area contributed by atoms with Crippen LogP contribution in [0.3, 0.4) is 0 Å². The molecule has 8 nitrogen and oxygen atoms in total. The lowest BCUT2D eigenvalue weighted by atomic mass is 10.1. The van der Waals surface area contributed by atoms with Gasteiger partial charge < -0.3 is 4.74 Å². The van der Waals surface area contributed by atoms with E-state index < -0.39 is 10.8 Å². The first-order valence-corrected chi connectivity index (χ1v) is 5.80. The summed E-state index contributed by atoms with van der Waals surface area (Å²) in [7, 11) is 1.23. The van der Waals surface area contributed by atoms with Gasteiger partial charge in [0.2, 0.25) is 11.7 Å². The summed E-state index contributed by atoms with van der Waals surface area (Å²) in [5.41, 5.74) is 4.04. The fraction of sp³-hybridized carbons (Fsp3) is 0.333. The van der Waals surface area contributed by atoms with Crippen molar-refractivity contribution < 1.29 is 19.2 Å². The molecular weight excluding hydrogens is 266 g/mol. The van der Waals surface area contributed by atoms with Gasteiger partial charge in [0.05, 0.1) is 17.6 Å². The van der Waals surface area contributed by atoms with Crippen molar-refractivity contribution in [1.82, 2.24) is 10.9 Å². The van der Waals surface area contributed by atoms with Gasteiger partial charge in [-0.2, -0.15) is 0 Å². The van der Waals surface area contributed by atoms with Gasteiger partial charge in [0.15, 0.2) is 0 Å². The number of amides is 2. The van der Waals surface area contributed by atoms with Gasteiger partial charge in [-0.25, -0.2) is 0 Å². The molecule has 0 aliphatic heterocycles. The number of nitro benzene ring substituents is 1. The third-order valence-electron chi connectivity index (χ3n) is 2.46. The first-order valence-electron chi connectivity index (χ1n) is 5.80. The summed E-state index contributed by atoms with van der Waals surface area (Å²) < 4.78 is 4.90. The molecule has 0 fully saturated rings. The van der Waals surface area contributed by atoms with Crippen molar-refractivity contribution in [3.8, 4) is 5.75 Å². The Bertz CT molecular complexity index is 542. The fourth-order valence-electron chi connectivity index (χ4n) is 1.39. The Balaban J connectivity index is 2.96. The van der Waals surface area contributed by atoms with Crippen LogP contribution in [0.1, 0.15) is 24.2 Å². The molecule has 108 valence electrons. The van der Waals surface area contributed by atoms with Gasteiger partial charge >= 0.3 is 5.69 Å². The number of nitrogens with zero attached hydrogens (tertiary/aromatic N) is 1. The van der Waals surface area contributed by atoms with Crippen molar-refractivity contribution in [2.24, 2.45) is 5.92 Å². The van der Waals surface area contributed by atoms with Crippen LogP contribution in [-0.4, -0.2) is 23.8 Å². The molecule has 0 aromatic heterocycles. The topological polar surface area (TPSA) is 111 Å². The van der Waals surface area contributed by atoms with Crippen LogP contribution < -0.4 is 15.6 Å². The highest BCUT2D eigenvalue weighted by atomic mass is 16.6. The monoisotopic (exact) mass is 281 g/mol. The maximum atomic E-state index is 11.9. The molecule has 8 heteroatoms. The van der Waals surface area contributed by atoms with Crippen LogP contribution in [0, 0.1) is 16.0 Å². The van der Waals surface area contributed by atoms with E-state index >= 15 is 0 Å². The summed E-state index contributed by atoms with van der Waals surface area (Å²) in [5.74, 6) is -1.53. The highest BCUT2D eigenvalue weighted by molar-refractivity contribution is 5.99. The molecule has 0 saturated heterocycles. The number of para-hydroxylation sites is 1. The van der Waals surface area contributed by atoms with Gasteiger partial charge in [0.1, 0.15) is 0 Å². The average Bonchev–Trinajstić information content (AvgIpc) is 2.42. The maximum Gasteiger partial charge on any atom is 0.311 e. The quantitative estimate of drug-likeness (QED) is 0.632. The van der Waals surface area contributed by atoms with Gasteiger partial charge in [-0.05, 0) is 6.07 Å². The van der Waals surface area contributed by atoms with E-state index in [1.807, 2.05) is 0 Å². The van der Waals surface area contributed by atoms with E-state index in [1.165, 1.54) is 25.3 Å². The van der Waals surface area contributed by atoms with Crippen molar-refractivity contribution >= 4 is 17.5 Å². The predicted molar refractivity (Wildman–Crippen MR) is 70.1 cm³/mol. The Morgan fingerprint density at radius 1 is 1.30 bits per heavy atom. The zero-order chi connectivity index (χ0) is 15.3. The number of hydrazine groups is 1. The number of ether oxygens (including phenoxy) is 1. The largest absolute Gasteiger partial charge is 0.490 e. The normalized spacial score (nSPS) is 10.0. The van der Waals surface area contributed by atoms with E-state index in [9.17, 15) is 19.7 Å². The minimum Gasteiger partial charge on any atom is -0.490 e. The molecular formula is C12H15N3O5. The Morgan fingerprint density at radius 3 is 2.45 bits per heavy atom. The molecule has 0 saturated carbocycles. The van der Waals surface area contributed by atoms with Gasteiger partial charge in [-0.15, -0.1) is 0 Å². The molecule has 1 rings (SSSR count). The Labute approximate surface area is 115 Å². The number of methoxy groups -OCH3 is 1. The van der Waals surface area contributed by atoms with Crippen LogP contribution in [0.15, 0.2) is 18.2 Å². The molecule has 0 atom stereocenters. The molecule has 0 aliphatic carbocycles. The number of carbonyl (C=O) groups excluding carboxylic acids is 2. The summed E-state index contributed by atoms with van der Waals surface area (Å²) in [6.07, 6.45) is 0. The molecule has 0 aliphatic rings. The standard InChI is InChI=1S/C12H15N3O5/c1-7(2)11(16)13-14-12(17)8-5-4-6-9(15(18)19)10(8)20-3/h4-7H,1-3H3,(H,13,16)(H,14,17). The lowest BCUT2D eigenvalue weighted by molar-refractivity contribution is -0.385. The fourth-order valence-corrected chi connectivity index (χ4v) is 1.39. The first-order chi connectivity index (χ1) is 9.38. The van der Waals surface area contributed by atoms with Crippen molar-refractivity contribution in [3.05, 3.63) is 33.9 Å². The van der Waals surface area contributed by atoms with Crippen LogP contribution in [0.5, 0.6) is 5.75 Å². The minimum atomic E-state index is -0.695. The Hall–Kier alpha value is -2.64. The molecule has 0 radical (unpaired) electrons. The van der Waals surface area contributed by atoms with Crippen LogP contribution >= 0.6 is 0 Å². The van der Waals surface area contributed by atoms with E-state index in [1.54, 1.807) is 13.8 Å². The zero-order valence-corrected chi connectivity index (χ0v) is 11.3. The number of benzene rings is 1. The summed E-state index contributed by atoms with van der Waals surface area (Å²) in [5, 5.41) is 10.8. The molecule has 0 spiro atoms. The van der Waals surface area contributed by atoms with Gasteiger partial charge in [-0.3, -0.25) is 30.6 Å². The molecule has 0 unspecified atom stereocenters. The average molecular weight is 281 g/mol. The smallest absolute Gasteiger partial charge is 0.311 e. The van der Waals surface area contributed by atoms with Gasteiger partial charge in [0.25, 0.3) is 5.91 Å². The number of rotatable bonds is 4. The molecule has 0 bridgehead atoms. The molecule has 2 N–H and O–H groups in total. The summed E-state index contributed by atoms with van der Waals surface area (Å²) in [6, 6.07) is 3.95. The van der Waals surface area contributed by atoms with E-state index in [0.29, 0.717) is 0 Å². The second-order valence-electron chi connectivity index (χ2n) is 4.21. The molecule has 1 aromatic carbocycles. The number of nitrogens with one attached hydrogen (secondary N) is 2. The summed E-state index contributed by atoms with van der Waals surface area (Å²) in [6.45, 7) is 3.32. The van der Waals surface area contributed by atoms with Crippen molar-refractivity contribution in [2.75, 3.05) is 7.11 Å². The molecule has 2 amide bonds. The van der Waals surface area contributed by atoms with Crippen LogP contribution in [0.25, 0.3) is 0 Å². The highest BCUT2D eigenvalue weighted by Crippen LogP contribution is 2.30. The minimum absolute atomic E-state index is 0.0363. The van der Waals surface area contributed by atoms with Gasteiger partial charge in [-0.1, -0.05) is 19.9 Å². The number of carbonyl (C=O) groups is 2. The second-order valence-corrected chi connectivity index (χ2v) is 4.21. The van der Waals surface area contributed by atoms with Crippen molar-refractivity contribution in [2.45, 2.75) is 13.8 Å². The van der Waals surface area contributed by atoms with Crippen LogP contribution in [0.4, 0.5) is 5.69 Å².